The minimum absolute atomic E-state index is 0.0135. The molecule has 1 amide bonds. The summed E-state index contributed by atoms with van der Waals surface area (Å²) in [6.45, 7) is 1.63. The van der Waals surface area contributed by atoms with Gasteiger partial charge in [0.2, 0.25) is 17.0 Å². The first kappa shape index (κ1) is 14.1. The lowest BCUT2D eigenvalue weighted by Crippen LogP contribution is -2.38. The number of fused-ring (bicyclic) bond motifs is 1. The normalized spacial score (nSPS) is 15.9. The molecule has 0 unspecified atom stereocenters. The molecule has 1 fully saturated rings. The van der Waals surface area contributed by atoms with E-state index in [1.54, 1.807) is 5.51 Å². The zero-order valence-electron chi connectivity index (χ0n) is 12.4. The van der Waals surface area contributed by atoms with Crippen molar-refractivity contribution in [2.75, 3.05) is 23.3 Å². The minimum Gasteiger partial charge on any atom is -0.342 e. The summed E-state index contributed by atoms with van der Waals surface area (Å²) >= 11 is 1.34. The highest BCUT2D eigenvalue weighted by atomic mass is 32.1. The lowest BCUT2D eigenvalue weighted by atomic mass is 9.96. The Balaban J connectivity index is 1.39. The Kier molecular flexibility index (Phi) is 3.66. The molecule has 23 heavy (non-hydrogen) atoms. The Morgan fingerprint density at radius 1 is 1.30 bits per heavy atom. The van der Waals surface area contributed by atoms with Crippen molar-refractivity contribution in [3.8, 4) is 0 Å². The van der Waals surface area contributed by atoms with E-state index < -0.39 is 0 Å². The number of imidazole rings is 1. The van der Waals surface area contributed by atoms with Crippen LogP contribution in [-0.2, 0) is 4.79 Å². The molecule has 0 atom stereocenters. The summed E-state index contributed by atoms with van der Waals surface area (Å²) in [4.78, 5) is 22.4. The second-order valence-electron chi connectivity index (χ2n) is 5.57. The minimum atomic E-state index is 0.0135. The van der Waals surface area contributed by atoms with Gasteiger partial charge in [0.15, 0.2) is 0 Å². The van der Waals surface area contributed by atoms with Crippen LogP contribution in [0.3, 0.4) is 0 Å². The molecule has 3 heterocycles. The number of piperidine rings is 1. The molecule has 2 aromatic heterocycles. The van der Waals surface area contributed by atoms with Crippen molar-refractivity contribution in [1.29, 1.82) is 0 Å². The molecule has 118 valence electrons. The van der Waals surface area contributed by atoms with E-state index in [1.807, 2.05) is 24.3 Å². The number of anilines is 2. The molecule has 1 aliphatic rings. The van der Waals surface area contributed by atoms with Gasteiger partial charge in [0.05, 0.1) is 11.0 Å². The fourth-order valence-corrected chi connectivity index (χ4v) is 3.33. The largest absolute Gasteiger partial charge is 0.342 e. The Hall–Kier alpha value is -2.48. The average molecular weight is 328 g/mol. The molecule has 0 aliphatic carbocycles. The molecule has 3 aromatic rings. The summed E-state index contributed by atoms with van der Waals surface area (Å²) in [5, 5.41) is 11.0. The fourth-order valence-electron chi connectivity index (χ4n) is 2.88. The van der Waals surface area contributed by atoms with E-state index >= 15 is 0 Å². The van der Waals surface area contributed by atoms with Crippen LogP contribution >= 0.6 is 11.3 Å². The number of carbonyl (C=O) groups excluding carboxylic acids is 1. The van der Waals surface area contributed by atoms with Crippen molar-refractivity contribution in [3.05, 3.63) is 29.8 Å². The van der Waals surface area contributed by atoms with Gasteiger partial charge in [-0.3, -0.25) is 4.79 Å². The number of benzene rings is 1. The molecule has 0 radical (unpaired) electrons. The first-order valence-corrected chi connectivity index (χ1v) is 8.44. The van der Waals surface area contributed by atoms with E-state index in [1.165, 1.54) is 11.3 Å². The maximum Gasteiger partial charge on any atom is 0.229 e. The van der Waals surface area contributed by atoms with Crippen molar-refractivity contribution in [2.24, 2.45) is 5.92 Å². The number of para-hydroxylation sites is 2. The van der Waals surface area contributed by atoms with Gasteiger partial charge in [-0.25, -0.2) is 4.98 Å². The van der Waals surface area contributed by atoms with Crippen molar-refractivity contribution in [3.63, 3.8) is 0 Å². The first-order valence-electron chi connectivity index (χ1n) is 7.56. The van der Waals surface area contributed by atoms with Gasteiger partial charge in [0.25, 0.3) is 0 Å². The van der Waals surface area contributed by atoms with Crippen molar-refractivity contribution in [2.45, 2.75) is 12.8 Å². The average Bonchev–Trinajstić information content (AvgIpc) is 3.24. The standard InChI is InChI=1S/C15H16N6OS/c22-13(19-15-20-16-9-23-15)10-5-7-21(8-6-10)14-17-11-3-1-2-4-12(11)18-14/h1-4,9-10H,5-8H2,(H,17,18)(H,19,20,22). The number of hydrogen-bond acceptors (Lipinski definition) is 6. The van der Waals surface area contributed by atoms with Gasteiger partial charge < -0.3 is 15.2 Å². The van der Waals surface area contributed by atoms with Crippen LogP contribution in [0.2, 0.25) is 0 Å². The molecule has 1 saturated heterocycles. The maximum atomic E-state index is 12.2. The van der Waals surface area contributed by atoms with Gasteiger partial charge in [0.1, 0.15) is 5.51 Å². The van der Waals surface area contributed by atoms with Crippen LogP contribution in [0.5, 0.6) is 0 Å². The number of amides is 1. The van der Waals surface area contributed by atoms with E-state index in [2.05, 4.69) is 30.4 Å². The zero-order chi connectivity index (χ0) is 15.6. The third kappa shape index (κ3) is 2.89. The summed E-state index contributed by atoms with van der Waals surface area (Å²) in [5.74, 6) is 0.930. The highest BCUT2D eigenvalue weighted by molar-refractivity contribution is 7.13. The van der Waals surface area contributed by atoms with Crippen LogP contribution in [0.25, 0.3) is 11.0 Å². The van der Waals surface area contributed by atoms with Gasteiger partial charge in [-0.1, -0.05) is 23.5 Å². The molecular weight excluding hydrogens is 312 g/mol. The molecule has 8 heteroatoms. The maximum absolute atomic E-state index is 12.2. The number of aromatic nitrogens is 4. The first-order chi connectivity index (χ1) is 11.3. The Labute approximate surface area is 136 Å². The fraction of sp³-hybridized carbons (Fsp3) is 0.333. The van der Waals surface area contributed by atoms with Crippen LogP contribution in [0.1, 0.15) is 12.8 Å². The number of hydrogen-bond donors (Lipinski definition) is 2. The van der Waals surface area contributed by atoms with E-state index in [-0.39, 0.29) is 11.8 Å². The third-order valence-electron chi connectivity index (χ3n) is 4.13. The van der Waals surface area contributed by atoms with Gasteiger partial charge >= 0.3 is 0 Å². The van der Waals surface area contributed by atoms with E-state index in [0.29, 0.717) is 5.13 Å². The quantitative estimate of drug-likeness (QED) is 0.770. The SMILES string of the molecule is O=C(Nc1nncs1)C1CCN(c2nc3ccccc3[nH]2)CC1. The summed E-state index contributed by atoms with van der Waals surface area (Å²) in [6, 6.07) is 8.00. The smallest absolute Gasteiger partial charge is 0.229 e. The van der Waals surface area contributed by atoms with Crippen LogP contribution in [-0.4, -0.2) is 39.2 Å². The molecule has 0 saturated carbocycles. The molecular formula is C15H16N6OS. The van der Waals surface area contributed by atoms with Gasteiger partial charge in [0, 0.05) is 19.0 Å². The zero-order valence-corrected chi connectivity index (χ0v) is 13.2. The molecule has 7 nitrogen and oxygen atoms in total. The van der Waals surface area contributed by atoms with Gasteiger partial charge in [-0.05, 0) is 25.0 Å². The van der Waals surface area contributed by atoms with E-state index in [0.717, 1.165) is 42.9 Å². The molecule has 0 spiro atoms. The lowest BCUT2D eigenvalue weighted by Gasteiger charge is -2.30. The van der Waals surface area contributed by atoms with Gasteiger partial charge in [-0.2, -0.15) is 0 Å². The molecule has 2 N–H and O–H groups in total. The summed E-state index contributed by atoms with van der Waals surface area (Å²) in [6.07, 6.45) is 1.61. The van der Waals surface area contributed by atoms with Crippen molar-refractivity contribution >= 4 is 39.4 Å². The highest BCUT2D eigenvalue weighted by Gasteiger charge is 2.26. The number of nitrogens with one attached hydrogen (secondary N) is 2. The summed E-state index contributed by atoms with van der Waals surface area (Å²) < 4.78 is 0. The Bertz CT molecular complexity index is 773. The van der Waals surface area contributed by atoms with Crippen LogP contribution < -0.4 is 10.2 Å². The second-order valence-corrected chi connectivity index (χ2v) is 6.41. The number of rotatable bonds is 3. The molecule has 4 rings (SSSR count). The van der Waals surface area contributed by atoms with Crippen LogP contribution in [0.4, 0.5) is 11.1 Å². The molecule has 0 bridgehead atoms. The molecule has 1 aromatic carbocycles. The highest BCUT2D eigenvalue weighted by Crippen LogP contribution is 2.24. The molecule has 1 aliphatic heterocycles. The topological polar surface area (TPSA) is 86.8 Å². The van der Waals surface area contributed by atoms with E-state index in [9.17, 15) is 4.79 Å². The second kappa shape index (κ2) is 5.96. The predicted molar refractivity (Wildman–Crippen MR) is 89.6 cm³/mol. The Morgan fingerprint density at radius 2 is 2.13 bits per heavy atom. The lowest BCUT2D eigenvalue weighted by molar-refractivity contribution is -0.120. The van der Waals surface area contributed by atoms with Crippen LogP contribution in [0.15, 0.2) is 29.8 Å². The third-order valence-corrected chi connectivity index (χ3v) is 4.74. The predicted octanol–water partition coefficient (Wildman–Crippen LogP) is 2.27. The number of aromatic amines is 1. The monoisotopic (exact) mass is 328 g/mol. The number of H-pyrrole nitrogens is 1. The number of nitrogens with zero attached hydrogens (tertiary/aromatic N) is 4. The van der Waals surface area contributed by atoms with Gasteiger partial charge in [-0.15, -0.1) is 10.2 Å². The van der Waals surface area contributed by atoms with Crippen LogP contribution in [0, 0.1) is 5.92 Å². The van der Waals surface area contributed by atoms with E-state index in [4.69, 9.17) is 0 Å². The van der Waals surface area contributed by atoms with Crippen molar-refractivity contribution in [1.82, 2.24) is 20.2 Å². The number of carbonyl (C=O) groups is 1. The summed E-state index contributed by atoms with van der Waals surface area (Å²) in [5.41, 5.74) is 3.62. The van der Waals surface area contributed by atoms with Crippen molar-refractivity contribution < 1.29 is 4.79 Å². The summed E-state index contributed by atoms with van der Waals surface area (Å²) in [7, 11) is 0. The Morgan fingerprint density at radius 3 is 2.87 bits per heavy atom.